The summed E-state index contributed by atoms with van der Waals surface area (Å²) in [5.74, 6) is -0.526. The first-order valence-corrected chi connectivity index (χ1v) is 7.85. The molecule has 1 aromatic heterocycles. The van der Waals surface area contributed by atoms with Crippen molar-refractivity contribution in [1.82, 2.24) is 25.2 Å². The first kappa shape index (κ1) is 17.4. The van der Waals surface area contributed by atoms with Crippen LogP contribution in [0.15, 0.2) is 6.20 Å². The van der Waals surface area contributed by atoms with Gasteiger partial charge in [0, 0.05) is 26.2 Å². The van der Waals surface area contributed by atoms with Crippen LogP contribution in [0.5, 0.6) is 0 Å². The summed E-state index contributed by atoms with van der Waals surface area (Å²) in [4.78, 5) is 25.8. The maximum Gasteiger partial charge on any atom is 0.248 e. The van der Waals surface area contributed by atoms with Crippen molar-refractivity contribution in [3.8, 4) is 0 Å². The van der Waals surface area contributed by atoms with Gasteiger partial charge in [-0.1, -0.05) is 19.1 Å². The molecule has 128 valence electrons. The van der Waals surface area contributed by atoms with Crippen molar-refractivity contribution in [1.29, 1.82) is 0 Å². The minimum atomic E-state index is -0.772. The molecule has 0 aliphatic carbocycles. The van der Waals surface area contributed by atoms with Crippen LogP contribution in [0.1, 0.15) is 38.0 Å². The molecule has 1 aliphatic heterocycles. The number of hydrogen-bond acceptors (Lipinski definition) is 6. The van der Waals surface area contributed by atoms with Gasteiger partial charge in [-0.05, 0) is 5.92 Å². The van der Waals surface area contributed by atoms with Gasteiger partial charge in [0.15, 0.2) is 0 Å². The van der Waals surface area contributed by atoms with E-state index in [9.17, 15) is 9.59 Å². The fraction of sp³-hybridized carbons (Fsp3) is 0.714. The van der Waals surface area contributed by atoms with E-state index < -0.39 is 11.9 Å². The number of primary amides is 1. The molecule has 0 saturated carbocycles. The molecule has 2 atom stereocenters. The van der Waals surface area contributed by atoms with Gasteiger partial charge in [-0.15, -0.1) is 5.10 Å². The number of nitrogens with two attached hydrogens (primary N) is 2. The quantitative estimate of drug-likeness (QED) is 0.601. The van der Waals surface area contributed by atoms with Crippen molar-refractivity contribution in [2.24, 2.45) is 17.4 Å². The van der Waals surface area contributed by atoms with E-state index in [-0.39, 0.29) is 24.3 Å². The molecule has 2 rings (SSSR count). The Hall–Kier alpha value is -2.00. The van der Waals surface area contributed by atoms with Crippen LogP contribution in [0, 0.1) is 5.92 Å². The summed E-state index contributed by atoms with van der Waals surface area (Å²) in [6.07, 6.45) is 1.53. The van der Waals surface area contributed by atoms with Crippen LogP contribution in [0.3, 0.4) is 0 Å². The minimum Gasteiger partial charge on any atom is -0.370 e. The largest absolute Gasteiger partial charge is 0.370 e. The summed E-state index contributed by atoms with van der Waals surface area (Å²) in [5.41, 5.74) is 12.0. The fourth-order valence-corrected chi connectivity index (χ4v) is 2.52. The average molecular weight is 323 g/mol. The number of nitrogens with zero attached hydrogens (tertiary/aromatic N) is 4. The molecule has 0 unspecified atom stereocenters. The Labute approximate surface area is 135 Å². The zero-order valence-corrected chi connectivity index (χ0v) is 13.6. The van der Waals surface area contributed by atoms with Crippen LogP contribution in [-0.2, 0) is 9.59 Å². The Bertz CT molecular complexity index is 551. The second kappa shape index (κ2) is 7.51. The summed E-state index contributed by atoms with van der Waals surface area (Å²) in [6, 6.07) is -1.04. The lowest BCUT2D eigenvalue weighted by atomic mass is 10.0. The molecule has 2 heterocycles. The number of carbonyl (C=O) groups excluding carboxylic acids is 2. The van der Waals surface area contributed by atoms with Gasteiger partial charge >= 0.3 is 0 Å². The Morgan fingerprint density at radius 3 is 2.57 bits per heavy atom. The summed E-state index contributed by atoms with van der Waals surface area (Å²) in [5, 5.41) is 11.2. The van der Waals surface area contributed by atoms with Crippen molar-refractivity contribution in [3.63, 3.8) is 0 Å². The standard InChI is InChI=1S/C14H25N7O2/c1-9(2)13(16)10-8-21(19-18-10)11(7-12(15)22)14(23)20-5-3-17-4-6-20/h8-9,11,13,17H,3-7,16H2,1-2H3,(H2,15,22)/t11-,13-/m0/s1. The predicted molar refractivity (Wildman–Crippen MR) is 84.1 cm³/mol. The van der Waals surface area contributed by atoms with Crippen LogP contribution < -0.4 is 16.8 Å². The highest BCUT2D eigenvalue weighted by Crippen LogP contribution is 2.20. The zero-order chi connectivity index (χ0) is 17.0. The zero-order valence-electron chi connectivity index (χ0n) is 13.6. The molecule has 23 heavy (non-hydrogen) atoms. The molecule has 9 heteroatoms. The van der Waals surface area contributed by atoms with Crippen LogP contribution >= 0.6 is 0 Å². The van der Waals surface area contributed by atoms with Gasteiger partial charge < -0.3 is 21.7 Å². The SMILES string of the molecule is CC(C)[C@H](N)c1cn([C@@H](CC(N)=O)C(=O)N2CCNCC2)nn1. The number of amides is 2. The van der Waals surface area contributed by atoms with Gasteiger partial charge in [0.25, 0.3) is 0 Å². The van der Waals surface area contributed by atoms with Crippen LogP contribution in [0.25, 0.3) is 0 Å². The Morgan fingerprint density at radius 2 is 2.00 bits per heavy atom. The van der Waals surface area contributed by atoms with Gasteiger partial charge in [0.05, 0.1) is 24.4 Å². The molecule has 0 aromatic carbocycles. The maximum atomic E-state index is 12.7. The van der Waals surface area contributed by atoms with Crippen molar-refractivity contribution < 1.29 is 9.59 Å². The van der Waals surface area contributed by atoms with E-state index in [0.29, 0.717) is 18.8 Å². The molecule has 9 nitrogen and oxygen atoms in total. The molecule has 2 amide bonds. The molecular formula is C14H25N7O2. The number of carbonyl (C=O) groups is 2. The second-order valence-electron chi connectivity index (χ2n) is 6.15. The second-order valence-corrected chi connectivity index (χ2v) is 6.15. The van der Waals surface area contributed by atoms with Crippen molar-refractivity contribution >= 4 is 11.8 Å². The highest BCUT2D eigenvalue weighted by atomic mass is 16.2. The van der Waals surface area contributed by atoms with Crippen LogP contribution in [-0.4, -0.2) is 57.9 Å². The normalized spacial score (nSPS) is 18.0. The third kappa shape index (κ3) is 4.26. The van der Waals surface area contributed by atoms with E-state index >= 15 is 0 Å². The molecule has 1 saturated heterocycles. The first-order valence-electron chi connectivity index (χ1n) is 7.85. The fourth-order valence-electron chi connectivity index (χ4n) is 2.52. The van der Waals surface area contributed by atoms with E-state index in [1.807, 2.05) is 13.8 Å². The molecule has 0 spiro atoms. The minimum absolute atomic E-state index is 0.109. The van der Waals surface area contributed by atoms with E-state index in [1.165, 1.54) is 4.68 Å². The number of rotatable bonds is 6. The van der Waals surface area contributed by atoms with Gasteiger partial charge in [0.2, 0.25) is 11.8 Å². The average Bonchev–Trinajstić information content (AvgIpc) is 3.01. The highest BCUT2D eigenvalue weighted by molar-refractivity contribution is 5.86. The van der Waals surface area contributed by atoms with Crippen molar-refractivity contribution in [2.45, 2.75) is 32.4 Å². The van der Waals surface area contributed by atoms with Gasteiger partial charge in [-0.3, -0.25) is 9.59 Å². The molecule has 1 aromatic rings. The third-order valence-electron chi connectivity index (χ3n) is 4.02. The maximum absolute atomic E-state index is 12.7. The first-order chi connectivity index (χ1) is 10.9. The van der Waals surface area contributed by atoms with Gasteiger partial charge in [-0.2, -0.15) is 0 Å². The predicted octanol–water partition coefficient (Wildman–Crippen LogP) is -1.22. The monoisotopic (exact) mass is 323 g/mol. The number of nitrogens with one attached hydrogen (secondary N) is 1. The van der Waals surface area contributed by atoms with E-state index in [4.69, 9.17) is 11.5 Å². The summed E-state index contributed by atoms with van der Waals surface area (Å²) < 4.78 is 1.41. The lowest BCUT2D eigenvalue weighted by molar-refractivity contribution is -0.138. The Balaban J connectivity index is 2.20. The number of piperazine rings is 1. The molecule has 1 fully saturated rings. The van der Waals surface area contributed by atoms with Crippen molar-refractivity contribution in [2.75, 3.05) is 26.2 Å². The van der Waals surface area contributed by atoms with Crippen molar-refractivity contribution in [3.05, 3.63) is 11.9 Å². The van der Waals surface area contributed by atoms with Gasteiger partial charge in [0.1, 0.15) is 6.04 Å². The third-order valence-corrected chi connectivity index (χ3v) is 4.02. The lowest BCUT2D eigenvalue weighted by Gasteiger charge is -2.30. The molecule has 0 bridgehead atoms. The summed E-state index contributed by atoms with van der Waals surface area (Å²) in [6.45, 7) is 6.63. The van der Waals surface area contributed by atoms with Crippen LogP contribution in [0.4, 0.5) is 0 Å². The molecular weight excluding hydrogens is 298 g/mol. The van der Waals surface area contributed by atoms with E-state index in [1.54, 1.807) is 11.1 Å². The molecule has 0 radical (unpaired) electrons. The highest BCUT2D eigenvalue weighted by Gasteiger charge is 2.30. The number of aromatic nitrogens is 3. The van der Waals surface area contributed by atoms with Crippen LogP contribution in [0.2, 0.25) is 0 Å². The van der Waals surface area contributed by atoms with E-state index in [0.717, 1.165) is 13.1 Å². The van der Waals surface area contributed by atoms with Gasteiger partial charge in [-0.25, -0.2) is 4.68 Å². The molecule has 1 aliphatic rings. The topological polar surface area (TPSA) is 132 Å². The Kier molecular flexibility index (Phi) is 5.67. The summed E-state index contributed by atoms with van der Waals surface area (Å²) >= 11 is 0. The summed E-state index contributed by atoms with van der Waals surface area (Å²) in [7, 11) is 0. The Morgan fingerprint density at radius 1 is 1.35 bits per heavy atom. The number of hydrogen-bond donors (Lipinski definition) is 3. The smallest absolute Gasteiger partial charge is 0.248 e. The van der Waals surface area contributed by atoms with E-state index in [2.05, 4.69) is 15.6 Å². The lowest BCUT2D eigenvalue weighted by Crippen LogP contribution is -2.49. The molecule has 5 N–H and O–H groups in total.